The summed E-state index contributed by atoms with van der Waals surface area (Å²) < 4.78 is 7.93. The lowest BCUT2D eigenvalue weighted by molar-refractivity contribution is -0.123. The molecule has 2 fully saturated rings. The number of amides is 1. The normalized spacial score (nSPS) is 25.0. The first kappa shape index (κ1) is 17.7. The lowest BCUT2D eigenvalue weighted by Gasteiger charge is -2.33. The molecule has 26 heavy (non-hydrogen) atoms. The molecule has 2 aromatic rings. The fourth-order valence-corrected chi connectivity index (χ4v) is 4.36. The highest BCUT2D eigenvalue weighted by Gasteiger charge is 2.38. The van der Waals surface area contributed by atoms with Crippen LogP contribution in [0.5, 0.6) is 0 Å². The summed E-state index contributed by atoms with van der Waals surface area (Å²) in [5.41, 5.74) is 0.858. The van der Waals surface area contributed by atoms with Crippen molar-refractivity contribution in [1.82, 2.24) is 20.1 Å². The van der Waals surface area contributed by atoms with Gasteiger partial charge in [-0.2, -0.15) is 5.10 Å². The van der Waals surface area contributed by atoms with Crippen LogP contribution in [0.25, 0.3) is 11.4 Å². The van der Waals surface area contributed by atoms with E-state index in [0.717, 1.165) is 37.9 Å². The van der Waals surface area contributed by atoms with E-state index in [1.54, 1.807) is 16.7 Å². The van der Waals surface area contributed by atoms with Crippen LogP contribution in [-0.2, 0) is 16.1 Å². The standard InChI is InChI=1S/C18H21ClN4O2S/c19-12-6-4-11(5-7-12)17-21-22-18(26)23(17)10-16(24)20-14-2-1-3-15-13(14)8-9-25-15/h4-7,13-15H,1-3,8-10H2,(H,20,24)(H,22,26)/t13-,14-,15+/m1/s1. The smallest absolute Gasteiger partial charge is 0.240 e. The first-order valence-corrected chi connectivity index (χ1v) is 9.72. The van der Waals surface area contributed by atoms with Crippen molar-refractivity contribution in [2.24, 2.45) is 5.92 Å². The second kappa shape index (κ2) is 7.50. The number of rotatable bonds is 4. The van der Waals surface area contributed by atoms with Gasteiger partial charge in [-0.05, 0) is 62.2 Å². The van der Waals surface area contributed by atoms with Gasteiger partial charge < -0.3 is 10.1 Å². The Balaban J connectivity index is 1.49. The fourth-order valence-electron chi connectivity index (χ4n) is 4.03. The van der Waals surface area contributed by atoms with E-state index in [0.29, 0.717) is 27.6 Å². The predicted molar refractivity (Wildman–Crippen MR) is 101 cm³/mol. The first-order chi connectivity index (χ1) is 12.6. The number of hydrogen-bond donors (Lipinski definition) is 2. The first-order valence-electron chi connectivity index (χ1n) is 8.94. The van der Waals surface area contributed by atoms with Crippen molar-refractivity contribution >= 4 is 29.7 Å². The topological polar surface area (TPSA) is 71.9 Å². The van der Waals surface area contributed by atoms with Gasteiger partial charge in [0, 0.05) is 29.2 Å². The molecule has 0 spiro atoms. The number of aromatic nitrogens is 3. The molecule has 3 atom stereocenters. The van der Waals surface area contributed by atoms with Gasteiger partial charge in [0.15, 0.2) is 10.6 Å². The summed E-state index contributed by atoms with van der Waals surface area (Å²) in [7, 11) is 0. The Morgan fingerprint density at radius 3 is 2.96 bits per heavy atom. The largest absolute Gasteiger partial charge is 0.378 e. The Bertz CT molecular complexity index is 848. The molecule has 2 aliphatic rings. The van der Waals surface area contributed by atoms with Crippen LogP contribution in [0.15, 0.2) is 24.3 Å². The molecule has 1 aromatic heterocycles. The number of benzene rings is 1. The number of ether oxygens (including phenoxy) is 1. The molecule has 4 rings (SSSR count). The molecule has 2 N–H and O–H groups in total. The van der Waals surface area contributed by atoms with Crippen molar-refractivity contribution in [3.05, 3.63) is 34.1 Å². The monoisotopic (exact) mass is 392 g/mol. The number of carbonyl (C=O) groups is 1. The maximum absolute atomic E-state index is 12.7. The maximum Gasteiger partial charge on any atom is 0.240 e. The summed E-state index contributed by atoms with van der Waals surface area (Å²) >= 11 is 11.3. The molecule has 2 heterocycles. The van der Waals surface area contributed by atoms with Crippen LogP contribution in [0.4, 0.5) is 0 Å². The Kier molecular flexibility index (Phi) is 5.11. The second-order valence-electron chi connectivity index (χ2n) is 6.91. The van der Waals surface area contributed by atoms with Crippen LogP contribution in [-0.4, -0.2) is 39.4 Å². The van der Waals surface area contributed by atoms with Crippen molar-refractivity contribution in [3.8, 4) is 11.4 Å². The van der Waals surface area contributed by atoms with Crippen LogP contribution in [0.1, 0.15) is 25.7 Å². The number of H-pyrrole nitrogens is 1. The van der Waals surface area contributed by atoms with Crippen molar-refractivity contribution < 1.29 is 9.53 Å². The molecule has 138 valence electrons. The Morgan fingerprint density at radius 1 is 1.35 bits per heavy atom. The molecule has 6 nitrogen and oxygen atoms in total. The molecule has 0 bridgehead atoms. The number of halogens is 1. The molecule has 1 aromatic carbocycles. The van der Waals surface area contributed by atoms with Gasteiger partial charge in [-0.3, -0.25) is 14.5 Å². The van der Waals surface area contributed by atoms with Gasteiger partial charge in [-0.15, -0.1) is 0 Å². The molecular formula is C18H21ClN4O2S. The Morgan fingerprint density at radius 2 is 2.15 bits per heavy atom. The molecule has 0 unspecified atom stereocenters. The average Bonchev–Trinajstić information content (AvgIpc) is 3.24. The molecule has 1 amide bonds. The number of nitrogens with zero attached hydrogens (tertiary/aromatic N) is 2. The zero-order valence-electron chi connectivity index (χ0n) is 14.3. The summed E-state index contributed by atoms with van der Waals surface area (Å²) in [6, 6.07) is 7.50. The fraction of sp³-hybridized carbons (Fsp3) is 0.500. The van der Waals surface area contributed by atoms with Crippen molar-refractivity contribution in [1.29, 1.82) is 0 Å². The van der Waals surface area contributed by atoms with E-state index in [9.17, 15) is 4.79 Å². The number of nitrogens with one attached hydrogen (secondary N) is 2. The number of carbonyl (C=O) groups excluding carboxylic acids is 1. The Hall–Kier alpha value is -1.70. The minimum absolute atomic E-state index is 0.0461. The highest BCUT2D eigenvalue weighted by molar-refractivity contribution is 7.71. The summed E-state index contributed by atoms with van der Waals surface area (Å²) in [4.78, 5) is 12.7. The maximum atomic E-state index is 12.7. The Labute approximate surface area is 161 Å². The molecule has 0 radical (unpaired) electrons. The quantitative estimate of drug-likeness (QED) is 0.783. The van der Waals surface area contributed by atoms with Gasteiger partial charge in [0.05, 0.1) is 6.10 Å². The minimum Gasteiger partial charge on any atom is -0.378 e. The molecule has 1 aliphatic carbocycles. The third-order valence-corrected chi connectivity index (χ3v) is 5.85. The van der Waals surface area contributed by atoms with E-state index in [1.807, 2.05) is 12.1 Å². The SMILES string of the molecule is O=C(Cn1c(-c2ccc(Cl)cc2)n[nH]c1=S)N[C@@H]1CCC[C@@H]2OCC[C@@H]21. The second-order valence-corrected chi connectivity index (χ2v) is 7.74. The van der Waals surface area contributed by atoms with Gasteiger partial charge in [-0.25, -0.2) is 0 Å². The van der Waals surface area contributed by atoms with Crippen molar-refractivity contribution in [2.45, 2.75) is 44.4 Å². The van der Waals surface area contributed by atoms with E-state index in [-0.39, 0.29) is 18.5 Å². The van der Waals surface area contributed by atoms with E-state index in [4.69, 9.17) is 28.6 Å². The van der Waals surface area contributed by atoms with E-state index >= 15 is 0 Å². The summed E-state index contributed by atoms with van der Waals surface area (Å²) in [6.45, 7) is 0.942. The summed E-state index contributed by atoms with van der Waals surface area (Å²) in [5.74, 6) is 1.02. The van der Waals surface area contributed by atoms with Gasteiger partial charge >= 0.3 is 0 Å². The van der Waals surface area contributed by atoms with Crippen molar-refractivity contribution in [3.63, 3.8) is 0 Å². The lowest BCUT2D eigenvalue weighted by Crippen LogP contribution is -2.46. The zero-order chi connectivity index (χ0) is 18.1. The zero-order valence-corrected chi connectivity index (χ0v) is 15.9. The summed E-state index contributed by atoms with van der Waals surface area (Å²) in [6.07, 6.45) is 4.53. The highest BCUT2D eigenvalue weighted by atomic mass is 35.5. The number of hydrogen-bond acceptors (Lipinski definition) is 4. The van der Waals surface area contributed by atoms with Gasteiger partial charge in [0.25, 0.3) is 0 Å². The van der Waals surface area contributed by atoms with Crippen LogP contribution in [0.2, 0.25) is 5.02 Å². The highest BCUT2D eigenvalue weighted by Crippen LogP contribution is 2.34. The third kappa shape index (κ3) is 3.56. The number of aromatic amines is 1. The number of fused-ring (bicyclic) bond motifs is 1. The molecule has 8 heteroatoms. The third-order valence-electron chi connectivity index (χ3n) is 5.29. The van der Waals surface area contributed by atoms with E-state index in [1.165, 1.54) is 0 Å². The van der Waals surface area contributed by atoms with Crippen LogP contribution >= 0.6 is 23.8 Å². The van der Waals surface area contributed by atoms with E-state index in [2.05, 4.69) is 15.5 Å². The lowest BCUT2D eigenvalue weighted by atomic mass is 9.82. The minimum atomic E-state index is -0.0461. The van der Waals surface area contributed by atoms with Crippen LogP contribution in [0.3, 0.4) is 0 Å². The van der Waals surface area contributed by atoms with Crippen molar-refractivity contribution in [2.75, 3.05) is 6.61 Å². The molecule has 1 saturated heterocycles. The van der Waals surface area contributed by atoms with Crippen LogP contribution in [0, 0.1) is 10.7 Å². The van der Waals surface area contributed by atoms with E-state index < -0.39 is 0 Å². The average molecular weight is 393 g/mol. The van der Waals surface area contributed by atoms with Crippen LogP contribution < -0.4 is 5.32 Å². The molecule has 1 saturated carbocycles. The predicted octanol–water partition coefficient (Wildman–Crippen LogP) is 3.33. The van der Waals surface area contributed by atoms with Gasteiger partial charge in [0.1, 0.15) is 6.54 Å². The molecular weight excluding hydrogens is 372 g/mol. The molecule has 1 aliphatic heterocycles. The van der Waals surface area contributed by atoms with Gasteiger partial charge in [-0.1, -0.05) is 11.6 Å². The summed E-state index contributed by atoms with van der Waals surface area (Å²) in [5, 5.41) is 10.9. The van der Waals surface area contributed by atoms with Gasteiger partial charge in [0.2, 0.25) is 5.91 Å².